The fourth-order valence-corrected chi connectivity index (χ4v) is 1.69. The Morgan fingerprint density at radius 1 is 1.50 bits per heavy atom. The van der Waals surface area contributed by atoms with Gasteiger partial charge in [0.1, 0.15) is 11.8 Å². The number of nitrogens with zero attached hydrogens (tertiary/aromatic N) is 4. The molecule has 0 saturated carbocycles. The number of rotatable bonds is 3. The summed E-state index contributed by atoms with van der Waals surface area (Å²) in [5.74, 6) is -0.308. The lowest BCUT2D eigenvalue weighted by Gasteiger charge is -1.99. The fourth-order valence-electron chi connectivity index (χ4n) is 1.69. The van der Waals surface area contributed by atoms with Crippen molar-refractivity contribution in [3.8, 4) is 6.07 Å². The first-order valence-electron chi connectivity index (χ1n) is 5.93. The van der Waals surface area contributed by atoms with Crippen molar-refractivity contribution in [2.75, 3.05) is 0 Å². The molecule has 0 aliphatic rings. The Hall–Kier alpha value is -2.94. The van der Waals surface area contributed by atoms with E-state index in [0.717, 1.165) is 11.3 Å². The van der Waals surface area contributed by atoms with E-state index in [1.54, 1.807) is 42.2 Å². The molecule has 0 unspecified atom stereocenters. The van der Waals surface area contributed by atoms with Crippen LogP contribution in [0.5, 0.6) is 0 Å². The molecule has 0 radical (unpaired) electrons. The van der Waals surface area contributed by atoms with Crippen molar-refractivity contribution >= 4 is 12.1 Å². The summed E-state index contributed by atoms with van der Waals surface area (Å²) in [7, 11) is 1.81. The van der Waals surface area contributed by atoms with E-state index in [2.05, 4.69) is 21.6 Å². The summed E-state index contributed by atoms with van der Waals surface area (Å²) in [6, 6.07) is 7.02. The normalized spacial score (nSPS) is 10.4. The van der Waals surface area contributed by atoms with Crippen LogP contribution in [0.4, 0.5) is 0 Å². The number of nitrogens with one attached hydrogen (secondary N) is 1. The van der Waals surface area contributed by atoms with Crippen molar-refractivity contribution < 1.29 is 4.79 Å². The first-order chi connectivity index (χ1) is 9.63. The minimum Gasteiger partial charge on any atom is -0.339 e. The second kappa shape index (κ2) is 5.80. The number of aromatic nitrogens is 2. The third kappa shape index (κ3) is 2.72. The molecule has 6 heteroatoms. The molecule has 0 atom stereocenters. The Labute approximate surface area is 116 Å². The van der Waals surface area contributed by atoms with E-state index in [9.17, 15) is 4.79 Å². The van der Waals surface area contributed by atoms with Gasteiger partial charge in [0.2, 0.25) is 0 Å². The SMILES string of the molecule is Cc1c(/C=N\NC(=O)c2ccncc2)cc(C#N)n1C. The molecular weight excluding hydrogens is 254 g/mol. The lowest BCUT2D eigenvalue weighted by atomic mass is 10.2. The van der Waals surface area contributed by atoms with Gasteiger partial charge in [-0.1, -0.05) is 0 Å². The zero-order chi connectivity index (χ0) is 14.5. The first kappa shape index (κ1) is 13.5. The zero-order valence-electron chi connectivity index (χ0n) is 11.2. The molecular formula is C14H13N5O. The van der Waals surface area contributed by atoms with Crippen molar-refractivity contribution in [1.82, 2.24) is 15.0 Å². The summed E-state index contributed by atoms with van der Waals surface area (Å²) in [4.78, 5) is 15.6. The number of hydrogen-bond acceptors (Lipinski definition) is 4. The smallest absolute Gasteiger partial charge is 0.271 e. The van der Waals surface area contributed by atoms with E-state index < -0.39 is 0 Å². The van der Waals surface area contributed by atoms with Crippen molar-refractivity contribution in [1.29, 1.82) is 5.26 Å². The fraction of sp³-hybridized carbons (Fsp3) is 0.143. The van der Waals surface area contributed by atoms with Crippen LogP contribution in [-0.2, 0) is 7.05 Å². The van der Waals surface area contributed by atoms with E-state index in [0.29, 0.717) is 11.3 Å². The van der Waals surface area contributed by atoms with Gasteiger partial charge in [0.15, 0.2) is 0 Å². The standard InChI is InChI=1S/C14H13N5O/c1-10-12(7-13(8-15)19(10)2)9-17-18-14(20)11-3-5-16-6-4-11/h3-7,9H,1-2H3,(H,18,20)/b17-9-. The summed E-state index contributed by atoms with van der Waals surface area (Å²) in [5, 5.41) is 12.8. The van der Waals surface area contributed by atoms with E-state index in [4.69, 9.17) is 5.26 Å². The van der Waals surface area contributed by atoms with Gasteiger partial charge >= 0.3 is 0 Å². The van der Waals surface area contributed by atoms with Crippen molar-refractivity contribution in [3.63, 3.8) is 0 Å². The minimum absolute atomic E-state index is 0.308. The molecule has 0 aliphatic carbocycles. The highest BCUT2D eigenvalue weighted by molar-refractivity contribution is 5.94. The summed E-state index contributed by atoms with van der Waals surface area (Å²) in [6.45, 7) is 1.88. The third-order valence-corrected chi connectivity index (χ3v) is 3.00. The van der Waals surface area contributed by atoms with Gasteiger partial charge in [0, 0.05) is 36.3 Å². The number of amides is 1. The second-order valence-corrected chi connectivity index (χ2v) is 4.18. The van der Waals surface area contributed by atoms with Gasteiger partial charge in [-0.15, -0.1) is 0 Å². The molecule has 0 bridgehead atoms. The van der Waals surface area contributed by atoms with Crippen LogP contribution in [-0.4, -0.2) is 21.7 Å². The highest BCUT2D eigenvalue weighted by Gasteiger charge is 2.07. The maximum Gasteiger partial charge on any atom is 0.271 e. The Bertz CT molecular complexity index is 694. The van der Waals surface area contributed by atoms with Crippen LogP contribution in [0.25, 0.3) is 0 Å². The average molecular weight is 267 g/mol. The minimum atomic E-state index is -0.308. The van der Waals surface area contributed by atoms with Crippen LogP contribution >= 0.6 is 0 Å². The molecule has 0 aromatic carbocycles. The molecule has 0 spiro atoms. The number of nitriles is 1. The van der Waals surface area contributed by atoms with E-state index in [1.807, 2.05) is 6.92 Å². The van der Waals surface area contributed by atoms with Crippen LogP contribution in [0, 0.1) is 18.3 Å². The number of carbonyl (C=O) groups is 1. The van der Waals surface area contributed by atoms with Crippen LogP contribution in [0.1, 0.15) is 27.3 Å². The van der Waals surface area contributed by atoms with Gasteiger partial charge in [0.25, 0.3) is 5.91 Å². The lowest BCUT2D eigenvalue weighted by molar-refractivity contribution is 0.0955. The molecule has 0 fully saturated rings. The lowest BCUT2D eigenvalue weighted by Crippen LogP contribution is -2.17. The predicted octanol–water partition coefficient (Wildman–Crippen LogP) is 1.36. The van der Waals surface area contributed by atoms with Crippen LogP contribution in [0.3, 0.4) is 0 Å². The van der Waals surface area contributed by atoms with Crippen molar-refractivity contribution in [3.05, 3.63) is 53.1 Å². The molecule has 100 valence electrons. The average Bonchev–Trinajstić information content (AvgIpc) is 2.76. The molecule has 2 aromatic rings. The maximum atomic E-state index is 11.7. The molecule has 2 heterocycles. The highest BCUT2D eigenvalue weighted by atomic mass is 16.2. The Morgan fingerprint density at radius 2 is 2.20 bits per heavy atom. The zero-order valence-corrected chi connectivity index (χ0v) is 11.2. The summed E-state index contributed by atoms with van der Waals surface area (Å²) >= 11 is 0. The second-order valence-electron chi connectivity index (χ2n) is 4.18. The molecule has 1 amide bonds. The molecule has 6 nitrogen and oxygen atoms in total. The van der Waals surface area contributed by atoms with Crippen LogP contribution < -0.4 is 5.43 Å². The Morgan fingerprint density at radius 3 is 2.80 bits per heavy atom. The number of hydrazone groups is 1. The number of hydrogen-bond donors (Lipinski definition) is 1. The van der Waals surface area contributed by atoms with E-state index in [-0.39, 0.29) is 5.91 Å². The van der Waals surface area contributed by atoms with E-state index >= 15 is 0 Å². The summed E-state index contributed by atoms with van der Waals surface area (Å²) < 4.78 is 1.77. The Kier molecular flexibility index (Phi) is 3.91. The van der Waals surface area contributed by atoms with Crippen LogP contribution in [0.2, 0.25) is 0 Å². The molecule has 2 rings (SSSR count). The van der Waals surface area contributed by atoms with Crippen molar-refractivity contribution in [2.24, 2.45) is 12.1 Å². The number of pyridine rings is 1. The van der Waals surface area contributed by atoms with Gasteiger partial charge in [-0.2, -0.15) is 10.4 Å². The molecule has 0 aliphatic heterocycles. The molecule has 0 saturated heterocycles. The monoisotopic (exact) mass is 267 g/mol. The highest BCUT2D eigenvalue weighted by Crippen LogP contribution is 2.10. The van der Waals surface area contributed by atoms with Gasteiger partial charge in [0.05, 0.1) is 6.21 Å². The third-order valence-electron chi connectivity index (χ3n) is 3.00. The number of carbonyl (C=O) groups excluding carboxylic acids is 1. The summed E-state index contributed by atoms with van der Waals surface area (Å²) in [6.07, 6.45) is 4.60. The quantitative estimate of drug-likeness (QED) is 0.673. The van der Waals surface area contributed by atoms with Gasteiger partial charge in [-0.3, -0.25) is 9.78 Å². The molecule has 2 aromatic heterocycles. The predicted molar refractivity (Wildman–Crippen MR) is 74.2 cm³/mol. The molecule has 20 heavy (non-hydrogen) atoms. The van der Waals surface area contributed by atoms with Gasteiger partial charge in [-0.05, 0) is 25.1 Å². The largest absolute Gasteiger partial charge is 0.339 e. The summed E-state index contributed by atoms with van der Waals surface area (Å²) in [5.41, 5.74) is 5.16. The molecule has 1 N–H and O–H groups in total. The van der Waals surface area contributed by atoms with Crippen LogP contribution in [0.15, 0.2) is 35.7 Å². The van der Waals surface area contributed by atoms with Gasteiger partial charge in [-0.25, -0.2) is 5.43 Å². The maximum absolute atomic E-state index is 11.7. The Balaban J connectivity index is 2.08. The van der Waals surface area contributed by atoms with E-state index in [1.165, 1.54) is 6.21 Å². The first-order valence-corrected chi connectivity index (χ1v) is 5.93. The topological polar surface area (TPSA) is 83.1 Å². The van der Waals surface area contributed by atoms with Gasteiger partial charge < -0.3 is 4.57 Å². The van der Waals surface area contributed by atoms with Crippen molar-refractivity contribution in [2.45, 2.75) is 6.92 Å².